The highest BCUT2D eigenvalue weighted by atomic mass is 35.5. The van der Waals surface area contributed by atoms with Gasteiger partial charge in [0.25, 0.3) is 5.91 Å². The van der Waals surface area contributed by atoms with E-state index in [1.807, 2.05) is 74.5 Å². The molecule has 0 radical (unpaired) electrons. The molecule has 0 aliphatic carbocycles. The summed E-state index contributed by atoms with van der Waals surface area (Å²) in [5.41, 5.74) is 4.72. The molecule has 0 N–H and O–H groups in total. The van der Waals surface area contributed by atoms with Crippen molar-refractivity contribution in [2.45, 2.75) is 13.8 Å². The molecule has 0 bridgehead atoms. The second-order valence-electron chi connectivity index (χ2n) is 7.45. The summed E-state index contributed by atoms with van der Waals surface area (Å²) in [7, 11) is 0. The van der Waals surface area contributed by atoms with Gasteiger partial charge < -0.3 is 4.74 Å². The highest BCUT2D eigenvalue weighted by Gasteiger charge is 2.28. The summed E-state index contributed by atoms with van der Waals surface area (Å²) in [5.74, 6) is -0.0658. The minimum atomic E-state index is -0.0658. The van der Waals surface area contributed by atoms with Gasteiger partial charge in [0.15, 0.2) is 0 Å². The number of carbonyl (C=O) groups excluding carboxylic acids is 1. The molecule has 3 aromatic rings. The molecule has 1 aliphatic rings. The van der Waals surface area contributed by atoms with Crippen molar-refractivity contribution in [1.82, 2.24) is 15.0 Å². The zero-order chi connectivity index (χ0) is 21.8. The van der Waals surface area contributed by atoms with Crippen LogP contribution in [0.3, 0.4) is 0 Å². The average molecular weight is 509 g/mol. The van der Waals surface area contributed by atoms with Crippen molar-refractivity contribution in [1.29, 1.82) is 0 Å². The molecule has 33 heavy (non-hydrogen) atoms. The quantitative estimate of drug-likeness (QED) is 0.428. The van der Waals surface area contributed by atoms with Crippen LogP contribution in [0.4, 0.5) is 0 Å². The molecule has 2 heterocycles. The molecule has 1 aromatic heterocycles. The number of hydrazine groups is 1. The maximum atomic E-state index is 13.8. The Kier molecular flexibility index (Phi) is 10.1. The third-order valence-electron chi connectivity index (χ3n) is 5.51. The normalized spacial score (nSPS) is 13.5. The Morgan fingerprint density at radius 3 is 2.30 bits per heavy atom. The second kappa shape index (κ2) is 12.4. The van der Waals surface area contributed by atoms with E-state index in [4.69, 9.17) is 21.3 Å². The number of rotatable bonds is 5. The summed E-state index contributed by atoms with van der Waals surface area (Å²) in [5, 5.41) is 4.47. The van der Waals surface area contributed by atoms with Crippen LogP contribution in [0.25, 0.3) is 22.4 Å². The first-order chi connectivity index (χ1) is 15.1. The lowest BCUT2D eigenvalue weighted by Crippen LogP contribution is -2.51. The van der Waals surface area contributed by atoms with Gasteiger partial charge >= 0.3 is 0 Å². The van der Waals surface area contributed by atoms with Crippen molar-refractivity contribution in [2.24, 2.45) is 0 Å². The summed E-state index contributed by atoms with van der Waals surface area (Å²) >= 11 is 6.58. The number of amides is 1. The standard InChI is InChI=1S/C25H26ClN3O2.2ClH/c1-3-29(28-13-15-31-16-14-28)25(30)24-18(2)27-23(19-9-5-4-6-10-19)17-21(24)20-11-7-8-12-22(20)26;;/h4-12,17H,3,13-16H2,1-2H3;2*1H. The van der Waals surface area contributed by atoms with E-state index in [9.17, 15) is 4.79 Å². The monoisotopic (exact) mass is 507 g/mol. The summed E-state index contributed by atoms with van der Waals surface area (Å²) in [6, 6.07) is 19.6. The number of ether oxygens (including phenoxy) is 1. The fourth-order valence-electron chi connectivity index (χ4n) is 3.99. The van der Waals surface area contributed by atoms with E-state index in [1.165, 1.54) is 0 Å². The van der Waals surface area contributed by atoms with E-state index in [0.29, 0.717) is 49.1 Å². The molecule has 1 amide bonds. The first-order valence-corrected chi connectivity index (χ1v) is 10.9. The number of nitrogens with zero attached hydrogens (tertiary/aromatic N) is 3. The minimum absolute atomic E-state index is 0. The van der Waals surface area contributed by atoms with Gasteiger partial charge in [0.2, 0.25) is 0 Å². The lowest BCUT2D eigenvalue weighted by molar-refractivity contribution is -0.0675. The van der Waals surface area contributed by atoms with E-state index in [0.717, 1.165) is 22.4 Å². The van der Waals surface area contributed by atoms with E-state index < -0.39 is 0 Å². The zero-order valence-electron chi connectivity index (χ0n) is 18.7. The molecular weight excluding hydrogens is 481 g/mol. The topological polar surface area (TPSA) is 45.7 Å². The van der Waals surface area contributed by atoms with E-state index in [1.54, 1.807) is 5.01 Å². The van der Waals surface area contributed by atoms with Crippen molar-refractivity contribution in [3.8, 4) is 22.4 Å². The van der Waals surface area contributed by atoms with Crippen LogP contribution in [-0.2, 0) is 4.74 Å². The molecule has 2 aromatic carbocycles. The van der Waals surface area contributed by atoms with Crippen molar-refractivity contribution < 1.29 is 9.53 Å². The van der Waals surface area contributed by atoms with Gasteiger partial charge in [-0.1, -0.05) is 60.1 Å². The van der Waals surface area contributed by atoms with Crippen LogP contribution in [0.2, 0.25) is 5.02 Å². The van der Waals surface area contributed by atoms with Crippen molar-refractivity contribution in [2.75, 3.05) is 32.8 Å². The number of hydrogen-bond donors (Lipinski definition) is 0. The molecule has 4 rings (SSSR count). The van der Waals surface area contributed by atoms with Crippen LogP contribution >= 0.6 is 36.4 Å². The summed E-state index contributed by atoms with van der Waals surface area (Å²) < 4.78 is 5.47. The van der Waals surface area contributed by atoms with Crippen molar-refractivity contribution >= 4 is 42.3 Å². The van der Waals surface area contributed by atoms with Crippen molar-refractivity contribution in [3.63, 3.8) is 0 Å². The molecule has 0 atom stereocenters. The van der Waals surface area contributed by atoms with Crippen molar-refractivity contribution in [3.05, 3.63) is 76.9 Å². The van der Waals surface area contributed by atoms with Gasteiger partial charge in [-0.25, -0.2) is 5.01 Å². The molecule has 1 fully saturated rings. The Balaban J connectivity index is 0.00000193. The number of aryl methyl sites for hydroxylation is 1. The van der Waals surface area contributed by atoms with E-state index in [-0.39, 0.29) is 30.7 Å². The first kappa shape index (κ1) is 27.1. The molecule has 0 spiro atoms. The van der Waals surface area contributed by atoms with Crippen LogP contribution in [-0.4, -0.2) is 53.8 Å². The maximum Gasteiger partial charge on any atom is 0.270 e. The fourth-order valence-corrected chi connectivity index (χ4v) is 4.23. The number of morpholine rings is 1. The summed E-state index contributed by atoms with van der Waals surface area (Å²) in [4.78, 5) is 18.6. The van der Waals surface area contributed by atoms with Crippen LogP contribution in [0.15, 0.2) is 60.7 Å². The number of pyridine rings is 1. The number of carbonyl (C=O) groups is 1. The molecule has 0 unspecified atom stereocenters. The summed E-state index contributed by atoms with van der Waals surface area (Å²) in [6.07, 6.45) is 0. The van der Waals surface area contributed by atoms with Gasteiger partial charge in [0.1, 0.15) is 0 Å². The van der Waals surface area contributed by atoms with Gasteiger partial charge in [0, 0.05) is 35.8 Å². The average Bonchev–Trinajstić information content (AvgIpc) is 2.80. The molecule has 1 saturated heterocycles. The molecule has 5 nitrogen and oxygen atoms in total. The zero-order valence-corrected chi connectivity index (χ0v) is 21.1. The van der Waals surface area contributed by atoms with Gasteiger partial charge in [-0.05, 0) is 31.5 Å². The SMILES string of the molecule is CCN(C(=O)c1c(-c2ccccc2Cl)cc(-c2ccccc2)nc1C)N1CCOCC1.Cl.Cl. The van der Waals surface area contributed by atoms with Crippen LogP contribution in [0, 0.1) is 6.92 Å². The predicted octanol–water partition coefficient (Wildman–Crippen LogP) is 5.93. The molecule has 8 heteroatoms. The number of halogens is 3. The number of benzene rings is 2. The van der Waals surface area contributed by atoms with Crippen LogP contribution in [0.1, 0.15) is 23.0 Å². The Morgan fingerprint density at radius 2 is 1.67 bits per heavy atom. The summed E-state index contributed by atoms with van der Waals surface area (Å²) in [6.45, 7) is 7.07. The predicted molar refractivity (Wildman–Crippen MR) is 138 cm³/mol. The molecule has 0 saturated carbocycles. The number of hydrogen-bond acceptors (Lipinski definition) is 4. The maximum absolute atomic E-state index is 13.8. The fraction of sp³-hybridized carbons (Fsp3) is 0.280. The second-order valence-corrected chi connectivity index (χ2v) is 7.86. The minimum Gasteiger partial charge on any atom is -0.379 e. The smallest absolute Gasteiger partial charge is 0.270 e. The number of aromatic nitrogens is 1. The van der Waals surface area contributed by atoms with Gasteiger partial charge in [-0.3, -0.25) is 14.8 Å². The highest BCUT2D eigenvalue weighted by Crippen LogP contribution is 2.35. The molecular formula is C25H28Cl3N3O2. The van der Waals surface area contributed by atoms with Gasteiger partial charge in [0.05, 0.1) is 30.2 Å². The molecule has 176 valence electrons. The lowest BCUT2D eigenvalue weighted by Gasteiger charge is -2.37. The van der Waals surface area contributed by atoms with Crippen LogP contribution in [0.5, 0.6) is 0 Å². The third kappa shape index (κ3) is 5.86. The van der Waals surface area contributed by atoms with Gasteiger partial charge in [-0.15, -0.1) is 24.8 Å². The Labute approximate surface area is 212 Å². The Hall–Kier alpha value is -2.15. The highest BCUT2D eigenvalue weighted by molar-refractivity contribution is 6.33. The van der Waals surface area contributed by atoms with Gasteiger partial charge in [-0.2, -0.15) is 0 Å². The molecule has 1 aliphatic heterocycles. The van der Waals surface area contributed by atoms with E-state index in [2.05, 4.69) is 5.01 Å². The largest absolute Gasteiger partial charge is 0.379 e. The first-order valence-electron chi connectivity index (χ1n) is 10.6. The Morgan fingerprint density at radius 1 is 1.03 bits per heavy atom. The third-order valence-corrected chi connectivity index (χ3v) is 5.84. The van der Waals surface area contributed by atoms with E-state index >= 15 is 0 Å². The Bertz CT molecular complexity index is 1070. The van der Waals surface area contributed by atoms with Crippen LogP contribution < -0.4 is 0 Å². The lowest BCUT2D eigenvalue weighted by atomic mass is 9.95.